The lowest BCUT2D eigenvalue weighted by Crippen LogP contribution is -2.29. The molecule has 0 unspecified atom stereocenters. The number of nitrogens with two attached hydrogens (primary N) is 1. The summed E-state index contributed by atoms with van der Waals surface area (Å²) in [7, 11) is 0. The summed E-state index contributed by atoms with van der Waals surface area (Å²) in [5.41, 5.74) is 4.90. The van der Waals surface area contributed by atoms with Gasteiger partial charge in [0.2, 0.25) is 0 Å². The minimum Gasteiger partial charge on any atom is -0.395 e. The molecule has 0 radical (unpaired) electrons. The maximum Gasteiger partial charge on any atom is 0.350 e. The molecular weight excluding hydrogens is 230 g/mol. The number of nitrogen functional groups attached to an aromatic ring is 1. The van der Waals surface area contributed by atoms with E-state index in [1.165, 1.54) is 28.6 Å². The van der Waals surface area contributed by atoms with E-state index in [2.05, 4.69) is 4.98 Å². The molecule has 2 heterocycles. The fourth-order valence-corrected chi connectivity index (χ4v) is 3.09. The fraction of sp³-hybridized carbons (Fsp3) is 0.556. The Labute approximate surface area is 96.1 Å². The molecule has 16 heavy (non-hydrogen) atoms. The standard InChI is InChI=1S/C9H13N3O3S/c10-7-1-2-12(9(15)11-7)8-6(14)3-5(4-13)16-8/h1-2,5-6,8,13-14H,3-4H2,(H2,10,11,15)/t5-,6-,8+/m0/s1. The zero-order chi connectivity index (χ0) is 11.7. The van der Waals surface area contributed by atoms with Gasteiger partial charge in [-0.25, -0.2) is 4.79 Å². The van der Waals surface area contributed by atoms with Gasteiger partial charge in [-0.05, 0) is 12.5 Å². The van der Waals surface area contributed by atoms with E-state index in [0.29, 0.717) is 6.42 Å². The zero-order valence-electron chi connectivity index (χ0n) is 8.48. The van der Waals surface area contributed by atoms with Crippen LogP contribution in [0.5, 0.6) is 0 Å². The predicted octanol–water partition coefficient (Wildman–Crippen LogP) is -0.817. The number of nitrogens with zero attached hydrogens (tertiary/aromatic N) is 2. The molecule has 0 aromatic carbocycles. The number of hydrogen-bond acceptors (Lipinski definition) is 6. The Morgan fingerprint density at radius 2 is 2.44 bits per heavy atom. The molecule has 0 saturated carbocycles. The average molecular weight is 243 g/mol. The Bertz CT molecular complexity index is 436. The first-order valence-electron chi connectivity index (χ1n) is 4.91. The smallest absolute Gasteiger partial charge is 0.350 e. The third kappa shape index (κ3) is 2.06. The van der Waals surface area contributed by atoms with Crippen LogP contribution >= 0.6 is 11.8 Å². The summed E-state index contributed by atoms with van der Waals surface area (Å²) < 4.78 is 1.35. The highest BCUT2D eigenvalue weighted by Gasteiger charge is 2.35. The van der Waals surface area contributed by atoms with Crippen LogP contribution in [0.3, 0.4) is 0 Å². The highest BCUT2D eigenvalue weighted by molar-refractivity contribution is 8.00. The third-order valence-corrected chi connectivity index (χ3v) is 4.04. The zero-order valence-corrected chi connectivity index (χ0v) is 9.30. The Morgan fingerprint density at radius 1 is 1.69 bits per heavy atom. The van der Waals surface area contributed by atoms with Crippen molar-refractivity contribution in [1.29, 1.82) is 0 Å². The highest BCUT2D eigenvalue weighted by atomic mass is 32.2. The topological polar surface area (TPSA) is 101 Å². The molecule has 0 bridgehead atoms. The second-order valence-corrected chi connectivity index (χ2v) is 5.10. The Balaban J connectivity index is 2.28. The van der Waals surface area contributed by atoms with Gasteiger partial charge in [0, 0.05) is 11.4 Å². The highest BCUT2D eigenvalue weighted by Crippen LogP contribution is 2.40. The number of aliphatic hydroxyl groups is 2. The largest absolute Gasteiger partial charge is 0.395 e. The van der Waals surface area contributed by atoms with Gasteiger partial charge in [0.25, 0.3) is 0 Å². The van der Waals surface area contributed by atoms with Crippen molar-refractivity contribution in [3.8, 4) is 0 Å². The van der Waals surface area contributed by atoms with Crippen LogP contribution in [-0.2, 0) is 0 Å². The van der Waals surface area contributed by atoms with Crippen LogP contribution in [0.2, 0.25) is 0 Å². The van der Waals surface area contributed by atoms with E-state index in [4.69, 9.17) is 10.8 Å². The molecule has 1 aromatic rings. The van der Waals surface area contributed by atoms with Crippen molar-refractivity contribution < 1.29 is 10.2 Å². The Kier molecular flexibility index (Phi) is 3.17. The summed E-state index contributed by atoms with van der Waals surface area (Å²) in [6, 6.07) is 1.51. The monoisotopic (exact) mass is 243 g/mol. The molecule has 1 saturated heterocycles. The van der Waals surface area contributed by atoms with Crippen molar-refractivity contribution in [2.24, 2.45) is 0 Å². The lowest BCUT2D eigenvalue weighted by Gasteiger charge is -2.16. The molecule has 0 amide bonds. The van der Waals surface area contributed by atoms with Gasteiger partial charge in [-0.1, -0.05) is 0 Å². The molecule has 0 spiro atoms. The summed E-state index contributed by atoms with van der Waals surface area (Å²) in [6.45, 7) is -0.00459. The van der Waals surface area contributed by atoms with Gasteiger partial charge in [0.1, 0.15) is 11.2 Å². The van der Waals surface area contributed by atoms with Gasteiger partial charge >= 0.3 is 5.69 Å². The van der Waals surface area contributed by atoms with Crippen LogP contribution in [0.25, 0.3) is 0 Å². The van der Waals surface area contributed by atoms with E-state index in [0.717, 1.165) is 0 Å². The normalized spacial score (nSPS) is 29.5. The Morgan fingerprint density at radius 3 is 3.00 bits per heavy atom. The van der Waals surface area contributed by atoms with Crippen LogP contribution in [0, 0.1) is 0 Å². The lowest BCUT2D eigenvalue weighted by molar-refractivity contribution is 0.142. The van der Waals surface area contributed by atoms with E-state index in [-0.39, 0.29) is 17.7 Å². The number of aliphatic hydroxyl groups excluding tert-OH is 2. The summed E-state index contributed by atoms with van der Waals surface area (Å²) in [6.07, 6.45) is 1.35. The van der Waals surface area contributed by atoms with E-state index in [1.807, 2.05) is 0 Å². The first-order chi connectivity index (χ1) is 7.61. The van der Waals surface area contributed by atoms with Crippen LogP contribution in [-0.4, -0.2) is 37.7 Å². The van der Waals surface area contributed by atoms with Crippen LogP contribution < -0.4 is 11.4 Å². The quantitative estimate of drug-likeness (QED) is 0.627. The summed E-state index contributed by atoms with van der Waals surface area (Å²) in [4.78, 5) is 15.2. The van der Waals surface area contributed by atoms with Crippen molar-refractivity contribution >= 4 is 17.6 Å². The number of hydrogen-bond donors (Lipinski definition) is 3. The average Bonchev–Trinajstić information content (AvgIpc) is 2.60. The Hall–Kier alpha value is -1.05. The summed E-state index contributed by atoms with van der Waals surface area (Å²) >= 11 is 1.37. The number of rotatable bonds is 2. The van der Waals surface area contributed by atoms with Gasteiger partial charge in [-0.2, -0.15) is 4.98 Å². The molecular formula is C9H13N3O3S. The van der Waals surface area contributed by atoms with Crippen LogP contribution in [0.4, 0.5) is 5.82 Å². The molecule has 1 aliphatic heterocycles. The molecule has 7 heteroatoms. The number of anilines is 1. The molecule has 88 valence electrons. The van der Waals surface area contributed by atoms with Gasteiger partial charge in [-0.3, -0.25) is 4.57 Å². The molecule has 1 fully saturated rings. The second-order valence-electron chi connectivity index (χ2n) is 3.68. The fourth-order valence-electron chi connectivity index (χ4n) is 1.72. The predicted molar refractivity (Wildman–Crippen MR) is 61.0 cm³/mol. The van der Waals surface area contributed by atoms with E-state index >= 15 is 0 Å². The van der Waals surface area contributed by atoms with E-state index in [1.54, 1.807) is 0 Å². The first kappa shape index (κ1) is 11.4. The van der Waals surface area contributed by atoms with Crippen molar-refractivity contribution in [1.82, 2.24) is 9.55 Å². The minimum atomic E-state index is -0.648. The van der Waals surface area contributed by atoms with E-state index < -0.39 is 17.2 Å². The molecule has 4 N–H and O–H groups in total. The molecule has 2 rings (SSSR count). The number of thioether (sulfide) groups is 1. The van der Waals surface area contributed by atoms with Crippen molar-refractivity contribution in [3.63, 3.8) is 0 Å². The van der Waals surface area contributed by atoms with Crippen molar-refractivity contribution in [2.45, 2.75) is 23.1 Å². The van der Waals surface area contributed by atoms with Gasteiger partial charge in [-0.15, -0.1) is 11.8 Å². The third-order valence-electron chi connectivity index (χ3n) is 2.49. The van der Waals surface area contributed by atoms with Crippen molar-refractivity contribution in [3.05, 3.63) is 22.7 Å². The van der Waals surface area contributed by atoms with Gasteiger partial charge in [0.05, 0.1) is 12.7 Å². The summed E-state index contributed by atoms with van der Waals surface area (Å²) in [5.74, 6) is 0.164. The maximum atomic E-state index is 11.6. The summed E-state index contributed by atoms with van der Waals surface area (Å²) in [5, 5.41) is 18.4. The molecule has 1 aromatic heterocycles. The van der Waals surface area contributed by atoms with Crippen molar-refractivity contribution in [2.75, 3.05) is 12.3 Å². The molecule has 1 aliphatic rings. The maximum absolute atomic E-state index is 11.6. The van der Waals surface area contributed by atoms with Crippen LogP contribution in [0.1, 0.15) is 11.8 Å². The van der Waals surface area contributed by atoms with Gasteiger partial charge in [0.15, 0.2) is 0 Å². The SMILES string of the molecule is Nc1ccn([C@@H]2S[C@H](CO)C[C@@H]2O)c(=O)n1. The molecule has 3 atom stereocenters. The van der Waals surface area contributed by atoms with Crippen LogP contribution in [0.15, 0.2) is 17.1 Å². The molecule has 6 nitrogen and oxygen atoms in total. The number of aromatic nitrogens is 2. The first-order valence-corrected chi connectivity index (χ1v) is 5.85. The van der Waals surface area contributed by atoms with Gasteiger partial charge < -0.3 is 15.9 Å². The minimum absolute atomic E-state index is 0.00459. The lowest BCUT2D eigenvalue weighted by atomic mass is 10.2. The second kappa shape index (κ2) is 4.44. The van der Waals surface area contributed by atoms with E-state index in [9.17, 15) is 9.90 Å². The molecule has 0 aliphatic carbocycles.